The molecule has 0 N–H and O–H groups in total. The van der Waals surface area contributed by atoms with Gasteiger partial charge >= 0.3 is 0 Å². The van der Waals surface area contributed by atoms with E-state index in [9.17, 15) is 0 Å². The molecule has 2 aromatic carbocycles. The lowest BCUT2D eigenvalue weighted by atomic mass is 9.67. The van der Waals surface area contributed by atoms with E-state index in [4.69, 9.17) is 0 Å². The minimum Gasteiger partial charge on any atom is -0.116 e. The van der Waals surface area contributed by atoms with Crippen molar-refractivity contribution in [1.82, 2.24) is 0 Å². The van der Waals surface area contributed by atoms with E-state index in [1.54, 1.807) is 0 Å². The van der Waals surface area contributed by atoms with Gasteiger partial charge in [-0.2, -0.15) is 0 Å². The second-order valence-corrected chi connectivity index (χ2v) is 3.99. The first kappa shape index (κ1) is 11.7. The van der Waals surface area contributed by atoms with Crippen molar-refractivity contribution >= 4 is 18.8 Å². The Morgan fingerprint density at radius 1 is 0.941 bits per heavy atom. The summed E-state index contributed by atoms with van der Waals surface area (Å²) in [6, 6.07) is 18.9. The van der Waals surface area contributed by atoms with Crippen LogP contribution in [0.5, 0.6) is 0 Å². The maximum Gasteiger partial charge on any atom is 0.181 e. The number of aryl methyl sites for hydroxylation is 1. The summed E-state index contributed by atoms with van der Waals surface area (Å²) >= 11 is 0. The summed E-state index contributed by atoms with van der Waals surface area (Å²) in [5.74, 6) is 2.11. The molecule has 0 nitrogen and oxygen atoms in total. The number of hydrogen-bond acceptors (Lipinski definition) is 0. The van der Waals surface area contributed by atoms with Crippen molar-refractivity contribution in [2.75, 3.05) is 0 Å². The fourth-order valence-corrected chi connectivity index (χ4v) is 1.85. The van der Waals surface area contributed by atoms with Crippen LogP contribution in [-0.4, -0.2) is 7.28 Å². The molecule has 0 atom stereocenters. The monoisotopic (exact) mass is 219 g/mol. The van der Waals surface area contributed by atoms with E-state index in [0.29, 0.717) is 0 Å². The highest BCUT2D eigenvalue weighted by Gasteiger charge is 1.97. The largest absolute Gasteiger partial charge is 0.181 e. The lowest BCUT2D eigenvalue weighted by Crippen LogP contribution is -2.16. The van der Waals surface area contributed by atoms with Crippen molar-refractivity contribution in [3.05, 3.63) is 71.7 Å². The first-order valence-electron chi connectivity index (χ1n) is 6.04. The molecule has 1 radical (unpaired) electrons. The Bertz CT molecular complexity index is 486. The summed E-state index contributed by atoms with van der Waals surface area (Å²) in [6.45, 7) is 2.19. The van der Waals surface area contributed by atoms with Gasteiger partial charge in [0.2, 0.25) is 0 Å². The van der Waals surface area contributed by atoms with Gasteiger partial charge in [0.15, 0.2) is 7.28 Å². The number of benzene rings is 2. The van der Waals surface area contributed by atoms with Crippen LogP contribution in [0.1, 0.15) is 18.1 Å². The zero-order chi connectivity index (χ0) is 11.9. The molecule has 0 bridgehead atoms. The quantitative estimate of drug-likeness (QED) is 0.692. The van der Waals surface area contributed by atoms with E-state index in [1.165, 1.54) is 16.6 Å². The summed E-state index contributed by atoms with van der Waals surface area (Å²) in [4.78, 5) is 0. The molecule has 0 fully saturated rings. The van der Waals surface area contributed by atoms with Crippen LogP contribution in [0.15, 0.2) is 60.6 Å². The maximum absolute atomic E-state index is 2.19. The standard InChI is InChI=1S/C16H16B/c1-2-15-10-6-7-11-16(15)17-13-12-14-8-4-3-5-9-14/h3-13H,2H2,1H3. The molecule has 0 aromatic heterocycles. The lowest BCUT2D eigenvalue weighted by molar-refractivity contribution is 1.15. The van der Waals surface area contributed by atoms with Gasteiger partial charge in [-0.05, 0) is 12.0 Å². The Balaban J connectivity index is 2.05. The van der Waals surface area contributed by atoms with Crippen molar-refractivity contribution in [2.24, 2.45) is 0 Å². The van der Waals surface area contributed by atoms with Crippen LogP contribution in [-0.2, 0) is 6.42 Å². The molecular weight excluding hydrogens is 203 g/mol. The lowest BCUT2D eigenvalue weighted by Gasteiger charge is -2.03. The summed E-state index contributed by atoms with van der Waals surface area (Å²) in [6.07, 6.45) is 3.21. The van der Waals surface area contributed by atoms with E-state index < -0.39 is 0 Å². The molecule has 0 spiro atoms. The first-order chi connectivity index (χ1) is 8.40. The highest BCUT2D eigenvalue weighted by molar-refractivity contribution is 6.59. The third-order valence-corrected chi connectivity index (χ3v) is 2.80. The van der Waals surface area contributed by atoms with Crippen molar-refractivity contribution < 1.29 is 0 Å². The average Bonchev–Trinajstić information content (AvgIpc) is 2.40. The van der Waals surface area contributed by atoms with Gasteiger partial charge < -0.3 is 0 Å². The molecule has 0 unspecified atom stereocenters. The van der Waals surface area contributed by atoms with Crippen molar-refractivity contribution in [3.8, 4) is 0 Å². The van der Waals surface area contributed by atoms with Crippen LogP contribution in [0.4, 0.5) is 0 Å². The molecule has 2 rings (SSSR count). The smallest absolute Gasteiger partial charge is 0.116 e. The number of hydrogen-bond donors (Lipinski definition) is 0. The minimum atomic E-state index is 1.08. The second kappa shape index (κ2) is 6.10. The Morgan fingerprint density at radius 2 is 1.65 bits per heavy atom. The third kappa shape index (κ3) is 3.35. The van der Waals surface area contributed by atoms with E-state index >= 15 is 0 Å². The van der Waals surface area contributed by atoms with Gasteiger partial charge in [-0.1, -0.05) is 78.6 Å². The summed E-state index contributed by atoms with van der Waals surface area (Å²) in [7, 11) is 2.17. The van der Waals surface area contributed by atoms with Gasteiger partial charge in [0.1, 0.15) is 0 Å². The molecule has 0 aliphatic rings. The van der Waals surface area contributed by atoms with E-state index in [-0.39, 0.29) is 0 Å². The predicted molar refractivity (Wildman–Crippen MR) is 76.7 cm³/mol. The fourth-order valence-electron chi connectivity index (χ4n) is 1.85. The minimum absolute atomic E-state index is 1.08. The van der Waals surface area contributed by atoms with Crippen molar-refractivity contribution in [2.45, 2.75) is 13.3 Å². The summed E-state index contributed by atoms with van der Waals surface area (Å²) < 4.78 is 0. The van der Waals surface area contributed by atoms with Crippen LogP contribution in [0.2, 0.25) is 0 Å². The highest BCUT2D eigenvalue weighted by Crippen LogP contribution is 2.01. The molecule has 0 aliphatic heterocycles. The van der Waals surface area contributed by atoms with Crippen LogP contribution in [0.25, 0.3) is 6.08 Å². The van der Waals surface area contributed by atoms with Crippen LogP contribution in [0.3, 0.4) is 0 Å². The first-order valence-corrected chi connectivity index (χ1v) is 6.04. The van der Waals surface area contributed by atoms with Crippen molar-refractivity contribution in [3.63, 3.8) is 0 Å². The third-order valence-electron chi connectivity index (χ3n) is 2.80. The van der Waals surface area contributed by atoms with Crippen LogP contribution >= 0.6 is 0 Å². The van der Waals surface area contributed by atoms with E-state index in [0.717, 1.165) is 6.42 Å². The average molecular weight is 219 g/mol. The molecule has 1 heteroatoms. The van der Waals surface area contributed by atoms with Gasteiger partial charge in [0, 0.05) is 0 Å². The molecule has 0 amide bonds. The molecule has 2 aromatic rings. The van der Waals surface area contributed by atoms with Gasteiger partial charge in [0.05, 0.1) is 0 Å². The second-order valence-electron chi connectivity index (χ2n) is 3.99. The highest BCUT2D eigenvalue weighted by atomic mass is 13.9. The summed E-state index contributed by atoms with van der Waals surface area (Å²) in [5, 5.41) is 0. The van der Waals surface area contributed by atoms with Gasteiger partial charge in [0.25, 0.3) is 0 Å². The van der Waals surface area contributed by atoms with Crippen LogP contribution in [0, 0.1) is 0 Å². The zero-order valence-corrected chi connectivity index (χ0v) is 10.1. The molecule has 0 saturated carbocycles. The Morgan fingerprint density at radius 3 is 2.41 bits per heavy atom. The van der Waals surface area contributed by atoms with Gasteiger partial charge in [-0.15, -0.1) is 5.98 Å². The normalized spacial score (nSPS) is 10.6. The fraction of sp³-hybridized carbons (Fsp3) is 0.125. The topological polar surface area (TPSA) is 0 Å². The Kier molecular flexibility index (Phi) is 4.20. The molecule has 0 heterocycles. The summed E-state index contributed by atoms with van der Waals surface area (Å²) in [5.41, 5.74) is 3.94. The van der Waals surface area contributed by atoms with E-state index in [2.05, 4.69) is 74.8 Å². The molecule has 0 aliphatic carbocycles. The molecule has 17 heavy (non-hydrogen) atoms. The maximum atomic E-state index is 2.19. The van der Waals surface area contributed by atoms with Crippen LogP contribution < -0.4 is 5.46 Å². The molecule has 83 valence electrons. The Hall–Kier alpha value is -1.76. The molecular formula is C16H16B. The number of rotatable bonds is 4. The SMILES string of the molecule is CCc1ccccc1[B]C=Cc1ccccc1. The molecule has 0 saturated heterocycles. The predicted octanol–water partition coefficient (Wildman–Crippen LogP) is 3.25. The van der Waals surface area contributed by atoms with Gasteiger partial charge in [-0.25, -0.2) is 0 Å². The van der Waals surface area contributed by atoms with E-state index in [1.807, 2.05) is 6.07 Å². The Labute approximate surface area is 104 Å². The zero-order valence-electron chi connectivity index (χ0n) is 10.1. The van der Waals surface area contributed by atoms with Gasteiger partial charge in [-0.3, -0.25) is 0 Å². The van der Waals surface area contributed by atoms with Crippen molar-refractivity contribution in [1.29, 1.82) is 0 Å².